The molecule has 0 saturated heterocycles. The van der Waals surface area contributed by atoms with Crippen LogP contribution in [0.3, 0.4) is 0 Å². The highest BCUT2D eigenvalue weighted by Crippen LogP contribution is 2.28. The number of nitrogens with two attached hydrogens (primary N) is 1. The Labute approximate surface area is 107 Å². The Morgan fingerprint density at radius 1 is 0.778 bits per heavy atom. The molecule has 3 aromatic rings. The fourth-order valence-electron chi connectivity index (χ4n) is 2.56. The summed E-state index contributed by atoms with van der Waals surface area (Å²) < 4.78 is 2.27. The van der Waals surface area contributed by atoms with E-state index < -0.39 is 0 Å². The number of hydrogen-bond donors (Lipinski definition) is 1. The molecule has 1 aromatic heterocycles. The number of nitrogen functional groups attached to an aromatic ring is 1. The van der Waals surface area contributed by atoms with Crippen molar-refractivity contribution in [3.8, 4) is 5.69 Å². The Balaban J connectivity index is 2.41. The molecule has 0 unspecified atom stereocenters. The van der Waals surface area contributed by atoms with Crippen molar-refractivity contribution >= 4 is 16.5 Å². The molecule has 0 saturated carbocycles. The molecule has 0 amide bonds. The Kier molecular flexibility index (Phi) is 2.37. The lowest BCUT2D eigenvalue weighted by Gasteiger charge is -2.13. The van der Waals surface area contributed by atoms with Gasteiger partial charge >= 0.3 is 0 Å². The van der Waals surface area contributed by atoms with E-state index in [4.69, 9.17) is 5.73 Å². The third-order valence-corrected chi connectivity index (χ3v) is 3.44. The molecule has 2 N–H and O–H groups in total. The van der Waals surface area contributed by atoms with E-state index >= 15 is 0 Å². The van der Waals surface area contributed by atoms with Gasteiger partial charge in [0.2, 0.25) is 0 Å². The van der Waals surface area contributed by atoms with Gasteiger partial charge < -0.3 is 10.3 Å². The Morgan fingerprint density at radius 2 is 1.39 bits per heavy atom. The Bertz CT molecular complexity index is 704. The summed E-state index contributed by atoms with van der Waals surface area (Å²) in [6.45, 7) is 4.25. The molecular weight excluding hydrogens is 220 g/mol. The predicted molar refractivity (Wildman–Crippen MR) is 77.2 cm³/mol. The topological polar surface area (TPSA) is 30.9 Å². The average molecular weight is 236 g/mol. The van der Waals surface area contributed by atoms with Crippen LogP contribution in [-0.4, -0.2) is 4.57 Å². The van der Waals surface area contributed by atoms with Crippen LogP contribution < -0.4 is 5.73 Å². The second kappa shape index (κ2) is 3.91. The summed E-state index contributed by atoms with van der Waals surface area (Å²) in [6.07, 6.45) is 0. The van der Waals surface area contributed by atoms with Gasteiger partial charge in [-0.15, -0.1) is 0 Å². The molecule has 0 aliphatic rings. The first-order valence-corrected chi connectivity index (χ1v) is 6.11. The molecule has 0 atom stereocenters. The summed E-state index contributed by atoms with van der Waals surface area (Å²) in [5, 5.41) is 2.31. The average Bonchev–Trinajstić information content (AvgIpc) is 2.69. The zero-order valence-corrected chi connectivity index (χ0v) is 10.6. The van der Waals surface area contributed by atoms with E-state index in [0.29, 0.717) is 0 Å². The van der Waals surface area contributed by atoms with Gasteiger partial charge in [0, 0.05) is 27.8 Å². The third-order valence-electron chi connectivity index (χ3n) is 3.44. The number of aryl methyl sites for hydroxylation is 2. The fraction of sp³-hybridized carbons (Fsp3) is 0.125. The van der Waals surface area contributed by atoms with E-state index in [9.17, 15) is 0 Å². The first kappa shape index (κ1) is 10.9. The van der Waals surface area contributed by atoms with Gasteiger partial charge in [-0.25, -0.2) is 0 Å². The van der Waals surface area contributed by atoms with Crippen LogP contribution >= 0.6 is 0 Å². The number of rotatable bonds is 1. The molecule has 0 aliphatic carbocycles. The van der Waals surface area contributed by atoms with Crippen LogP contribution in [0.25, 0.3) is 16.5 Å². The molecule has 2 aromatic carbocycles. The zero-order chi connectivity index (χ0) is 12.7. The van der Waals surface area contributed by atoms with Crippen molar-refractivity contribution in [2.24, 2.45) is 0 Å². The van der Waals surface area contributed by atoms with E-state index in [0.717, 1.165) is 11.1 Å². The van der Waals surface area contributed by atoms with Crippen molar-refractivity contribution in [1.29, 1.82) is 0 Å². The number of benzene rings is 2. The van der Waals surface area contributed by atoms with Gasteiger partial charge in [0.1, 0.15) is 0 Å². The van der Waals surface area contributed by atoms with Crippen LogP contribution in [-0.2, 0) is 0 Å². The molecule has 3 rings (SSSR count). The van der Waals surface area contributed by atoms with Crippen molar-refractivity contribution in [3.63, 3.8) is 0 Å². The van der Waals surface area contributed by atoms with Crippen molar-refractivity contribution in [3.05, 3.63) is 59.9 Å². The lowest BCUT2D eigenvalue weighted by molar-refractivity contribution is 0.975. The van der Waals surface area contributed by atoms with E-state index in [2.05, 4.69) is 54.8 Å². The van der Waals surface area contributed by atoms with Crippen LogP contribution in [0.15, 0.2) is 48.5 Å². The van der Waals surface area contributed by atoms with Crippen LogP contribution in [0.4, 0.5) is 5.69 Å². The van der Waals surface area contributed by atoms with Gasteiger partial charge in [0.05, 0.1) is 5.69 Å². The van der Waals surface area contributed by atoms with Gasteiger partial charge in [0.15, 0.2) is 0 Å². The SMILES string of the molecule is Cc1ccc(C)n1-c1cccc2c(N)cccc12. The molecule has 0 fully saturated rings. The third kappa shape index (κ3) is 1.50. The first-order valence-electron chi connectivity index (χ1n) is 6.11. The molecule has 0 aliphatic heterocycles. The largest absolute Gasteiger partial charge is 0.398 e. The minimum atomic E-state index is 0.830. The lowest BCUT2D eigenvalue weighted by atomic mass is 10.1. The molecular formula is C16H16N2. The number of hydrogen-bond acceptors (Lipinski definition) is 1. The molecule has 90 valence electrons. The van der Waals surface area contributed by atoms with Gasteiger partial charge in [-0.2, -0.15) is 0 Å². The highest BCUT2D eigenvalue weighted by atomic mass is 15.0. The number of anilines is 1. The molecule has 0 bridgehead atoms. The summed E-state index contributed by atoms with van der Waals surface area (Å²) >= 11 is 0. The van der Waals surface area contributed by atoms with E-state index in [-0.39, 0.29) is 0 Å². The van der Waals surface area contributed by atoms with Gasteiger partial charge in [-0.05, 0) is 38.1 Å². The highest BCUT2D eigenvalue weighted by molar-refractivity contribution is 5.98. The van der Waals surface area contributed by atoms with Crippen molar-refractivity contribution in [2.75, 3.05) is 5.73 Å². The van der Waals surface area contributed by atoms with E-state index in [1.165, 1.54) is 22.5 Å². The fourth-order valence-corrected chi connectivity index (χ4v) is 2.56. The summed E-state index contributed by atoms with van der Waals surface area (Å²) in [7, 11) is 0. The van der Waals surface area contributed by atoms with Gasteiger partial charge in [-0.3, -0.25) is 0 Å². The zero-order valence-electron chi connectivity index (χ0n) is 10.6. The maximum Gasteiger partial charge on any atom is 0.0534 e. The van der Waals surface area contributed by atoms with Gasteiger partial charge in [-0.1, -0.05) is 24.3 Å². The molecule has 1 heterocycles. The van der Waals surface area contributed by atoms with E-state index in [1.807, 2.05) is 12.1 Å². The monoisotopic (exact) mass is 236 g/mol. The minimum absolute atomic E-state index is 0.830. The summed E-state index contributed by atoms with van der Waals surface area (Å²) in [5.41, 5.74) is 10.5. The van der Waals surface area contributed by atoms with Crippen molar-refractivity contribution in [1.82, 2.24) is 4.57 Å². The van der Waals surface area contributed by atoms with Crippen LogP contribution in [0.2, 0.25) is 0 Å². The molecule has 0 spiro atoms. The van der Waals surface area contributed by atoms with Crippen LogP contribution in [0, 0.1) is 13.8 Å². The number of fused-ring (bicyclic) bond motifs is 1. The molecule has 0 radical (unpaired) electrons. The Morgan fingerprint density at radius 3 is 2.11 bits per heavy atom. The standard InChI is InChI=1S/C16H16N2/c1-11-9-10-12(2)18(11)16-8-4-5-13-14(16)6-3-7-15(13)17/h3-10H,17H2,1-2H3. The normalized spacial score (nSPS) is 11.0. The van der Waals surface area contributed by atoms with Crippen LogP contribution in [0.5, 0.6) is 0 Å². The molecule has 2 heteroatoms. The van der Waals surface area contributed by atoms with Crippen LogP contribution in [0.1, 0.15) is 11.4 Å². The van der Waals surface area contributed by atoms with E-state index in [1.54, 1.807) is 0 Å². The number of aromatic nitrogens is 1. The second-order valence-electron chi connectivity index (χ2n) is 4.67. The smallest absolute Gasteiger partial charge is 0.0534 e. The maximum absolute atomic E-state index is 6.05. The highest BCUT2D eigenvalue weighted by Gasteiger charge is 2.08. The first-order chi connectivity index (χ1) is 8.68. The maximum atomic E-state index is 6.05. The summed E-state index contributed by atoms with van der Waals surface area (Å²) in [6, 6.07) is 16.6. The quantitative estimate of drug-likeness (QED) is 0.640. The Hall–Kier alpha value is -2.22. The molecule has 2 nitrogen and oxygen atoms in total. The summed E-state index contributed by atoms with van der Waals surface area (Å²) in [4.78, 5) is 0. The van der Waals surface area contributed by atoms with Crippen molar-refractivity contribution < 1.29 is 0 Å². The molecule has 18 heavy (non-hydrogen) atoms. The summed E-state index contributed by atoms with van der Waals surface area (Å²) in [5.74, 6) is 0. The number of nitrogens with zero attached hydrogens (tertiary/aromatic N) is 1. The van der Waals surface area contributed by atoms with Crippen molar-refractivity contribution in [2.45, 2.75) is 13.8 Å². The van der Waals surface area contributed by atoms with Gasteiger partial charge in [0.25, 0.3) is 0 Å². The second-order valence-corrected chi connectivity index (χ2v) is 4.67. The lowest BCUT2D eigenvalue weighted by Crippen LogP contribution is -2.00. The minimum Gasteiger partial charge on any atom is -0.398 e. The predicted octanol–water partition coefficient (Wildman–Crippen LogP) is 3.83.